The summed E-state index contributed by atoms with van der Waals surface area (Å²) in [7, 11) is 0. The van der Waals surface area contributed by atoms with Crippen molar-refractivity contribution in [3.05, 3.63) is 70.5 Å². The Morgan fingerprint density at radius 1 is 1.07 bits per heavy atom. The van der Waals surface area contributed by atoms with Gasteiger partial charge in [0.2, 0.25) is 5.91 Å². The van der Waals surface area contributed by atoms with Crippen LogP contribution in [-0.2, 0) is 17.5 Å². The molecule has 0 aliphatic rings. The van der Waals surface area contributed by atoms with Crippen LogP contribution in [0.1, 0.15) is 28.1 Å². The minimum absolute atomic E-state index is 0.115. The van der Waals surface area contributed by atoms with Crippen LogP contribution in [-0.4, -0.2) is 26.4 Å². The maximum Gasteiger partial charge on any atom is 0.416 e. The van der Waals surface area contributed by atoms with Gasteiger partial charge >= 0.3 is 6.18 Å². The minimum Gasteiger partial charge on any atom is -0.351 e. The molecule has 0 atom stereocenters. The summed E-state index contributed by atoms with van der Waals surface area (Å²) in [6.45, 7) is 6.01. The molecule has 0 aliphatic heterocycles. The van der Waals surface area contributed by atoms with Crippen LogP contribution in [0.5, 0.6) is 0 Å². The van der Waals surface area contributed by atoms with Crippen LogP contribution in [0.3, 0.4) is 0 Å². The fraction of sp³-hybridized carbons (Fsp3) is 0.286. The maximum atomic E-state index is 12.6. The molecule has 3 rings (SSSR count). The second-order valence-corrected chi connectivity index (χ2v) is 7.86. The fourth-order valence-electron chi connectivity index (χ4n) is 2.87. The molecule has 0 fully saturated rings. The van der Waals surface area contributed by atoms with Gasteiger partial charge in [-0.1, -0.05) is 36.0 Å². The van der Waals surface area contributed by atoms with E-state index in [-0.39, 0.29) is 18.2 Å². The van der Waals surface area contributed by atoms with E-state index in [0.717, 1.165) is 34.8 Å². The molecule has 2 aromatic carbocycles. The number of hydrogen-bond acceptors (Lipinski definition) is 4. The molecule has 1 amide bonds. The van der Waals surface area contributed by atoms with Gasteiger partial charge in [-0.25, -0.2) is 0 Å². The summed E-state index contributed by atoms with van der Waals surface area (Å²) in [5.74, 6) is 0.591. The first kappa shape index (κ1) is 21.9. The summed E-state index contributed by atoms with van der Waals surface area (Å²) in [4.78, 5) is 12.2. The number of aryl methyl sites for hydroxylation is 3. The number of carbonyl (C=O) groups is 1. The van der Waals surface area contributed by atoms with E-state index < -0.39 is 11.7 Å². The van der Waals surface area contributed by atoms with Crippen molar-refractivity contribution in [1.82, 2.24) is 20.1 Å². The summed E-state index contributed by atoms with van der Waals surface area (Å²) < 4.78 is 39.8. The summed E-state index contributed by atoms with van der Waals surface area (Å²) in [6, 6.07) is 10.8. The van der Waals surface area contributed by atoms with E-state index in [9.17, 15) is 18.0 Å². The van der Waals surface area contributed by atoms with Gasteiger partial charge < -0.3 is 5.32 Å². The van der Waals surface area contributed by atoms with Crippen LogP contribution < -0.4 is 5.32 Å². The number of halogens is 3. The van der Waals surface area contributed by atoms with E-state index >= 15 is 0 Å². The Kier molecular flexibility index (Phi) is 6.50. The Morgan fingerprint density at radius 2 is 1.77 bits per heavy atom. The first-order chi connectivity index (χ1) is 14.1. The summed E-state index contributed by atoms with van der Waals surface area (Å²) in [5.41, 5.74) is 3.02. The molecular formula is C21H21F3N4OS. The van der Waals surface area contributed by atoms with E-state index in [0.29, 0.717) is 10.7 Å². The van der Waals surface area contributed by atoms with Gasteiger partial charge in [0.1, 0.15) is 5.82 Å². The van der Waals surface area contributed by atoms with Crippen molar-refractivity contribution in [1.29, 1.82) is 0 Å². The molecular weight excluding hydrogens is 413 g/mol. The molecule has 30 heavy (non-hydrogen) atoms. The second kappa shape index (κ2) is 8.91. The Bertz CT molecular complexity index is 1050. The summed E-state index contributed by atoms with van der Waals surface area (Å²) >= 11 is 1.25. The lowest BCUT2D eigenvalue weighted by Gasteiger charge is -2.12. The Hall–Kier alpha value is -2.81. The number of thioether (sulfide) groups is 1. The van der Waals surface area contributed by atoms with Crippen LogP contribution in [0.4, 0.5) is 13.2 Å². The van der Waals surface area contributed by atoms with Gasteiger partial charge in [0.05, 0.1) is 17.0 Å². The molecule has 9 heteroatoms. The van der Waals surface area contributed by atoms with Gasteiger partial charge in [-0.15, -0.1) is 10.2 Å². The minimum atomic E-state index is -4.37. The predicted octanol–water partition coefficient (Wildman–Crippen LogP) is 4.62. The highest BCUT2D eigenvalue weighted by Crippen LogP contribution is 2.29. The predicted molar refractivity (Wildman–Crippen MR) is 110 cm³/mol. The van der Waals surface area contributed by atoms with Crippen molar-refractivity contribution < 1.29 is 18.0 Å². The first-order valence-electron chi connectivity index (χ1n) is 9.20. The fourth-order valence-corrected chi connectivity index (χ4v) is 3.69. The second-order valence-electron chi connectivity index (χ2n) is 6.92. The van der Waals surface area contributed by atoms with Crippen LogP contribution in [0.25, 0.3) is 5.69 Å². The van der Waals surface area contributed by atoms with E-state index in [2.05, 4.69) is 15.5 Å². The average molecular weight is 434 g/mol. The average Bonchev–Trinajstić information content (AvgIpc) is 3.06. The molecule has 3 aromatic rings. The zero-order valence-corrected chi connectivity index (χ0v) is 17.6. The lowest BCUT2D eigenvalue weighted by atomic mass is 10.1. The molecule has 5 nitrogen and oxygen atoms in total. The van der Waals surface area contributed by atoms with Crippen LogP contribution in [0, 0.1) is 20.8 Å². The third kappa shape index (κ3) is 5.21. The van der Waals surface area contributed by atoms with Gasteiger partial charge in [-0.05, 0) is 55.7 Å². The van der Waals surface area contributed by atoms with Crippen molar-refractivity contribution >= 4 is 17.7 Å². The Labute approximate surface area is 176 Å². The van der Waals surface area contributed by atoms with Crippen molar-refractivity contribution in [2.24, 2.45) is 0 Å². The monoisotopic (exact) mass is 434 g/mol. The molecule has 1 heterocycles. The first-order valence-corrected chi connectivity index (χ1v) is 10.2. The summed E-state index contributed by atoms with van der Waals surface area (Å²) in [6.07, 6.45) is -4.37. The highest BCUT2D eigenvalue weighted by atomic mass is 32.2. The van der Waals surface area contributed by atoms with Gasteiger partial charge in [0, 0.05) is 6.54 Å². The quantitative estimate of drug-likeness (QED) is 0.575. The number of rotatable bonds is 6. The molecule has 0 aliphatic carbocycles. The zero-order valence-electron chi connectivity index (χ0n) is 16.7. The standard InChI is InChI=1S/C21H21F3N4OS/c1-13-4-5-14(2)18(10-13)28-15(3)26-27-20(28)30-12-19(29)25-11-16-6-8-17(9-7-16)21(22,23)24/h4-10H,11-12H2,1-3H3,(H,25,29). The molecule has 1 N–H and O–H groups in total. The van der Waals surface area contributed by atoms with Gasteiger partial charge in [-0.2, -0.15) is 13.2 Å². The lowest BCUT2D eigenvalue weighted by Crippen LogP contribution is -2.24. The number of hydrogen-bond donors (Lipinski definition) is 1. The number of amides is 1. The highest BCUT2D eigenvalue weighted by Gasteiger charge is 2.29. The molecule has 0 unspecified atom stereocenters. The number of alkyl halides is 3. The van der Waals surface area contributed by atoms with Gasteiger partial charge in [-0.3, -0.25) is 9.36 Å². The number of nitrogens with one attached hydrogen (secondary N) is 1. The van der Waals surface area contributed by atoms with E-state index in [4.69, 9.17) is 0 Å². The molecule has 1 aromatic heterocycles. The van der Waals surface area contributed by atoms with Crippen molar-refractivity contribution in [3.63, 3.8) is 0 Å². The normalized spacial score (nSPS) is 11.5. The lowest BCUT2D eigenvalue weighted by molar-refractivity contribution is -0.137. The topological polar surface area (TPSA) is 59.8 Å². The third-order valence-corrected chi connectivity index (χ3v) is 5.43. The van der Waals surface area contributed by atoms with E-state index in [1.807, 2.05) is 43.5 Å². The van der Waals surface area contributed by atoms with Crippen LogP contribution >= 0.6 is 11.8 Å². The number of carbonyl (C=O) groups excluding carboxylic acids is 1. The number of aromatic nitrogens is 3. The maximum absolute atomic E-state index is 12.6. The number of nitrogens with zero attached hydrogens (tertiary/aromatic N) is 3. The van der Waals surface area contributed by atoms with Crippen molar-refractivity contribution in [3.8, 4) is 5.69 Å². The van der Waals surface area contributed by atoms with E-state index in [1.54, 1.807) is 0 Å². The van der Waals surface area contributed by atoms with Crippen LogP contribution in [0.15, 0.2) is 47.6 Å². The molecule has 0 saturated carbocycles. The number of benzene rings is 2. The summed E-state index contributed by atoms with van der Waals surface area (Å²) in [5, 5.41) is 11.6. The van der Waals surface area contributed by atoms with Crippen molar-refractivity contribution in [2.75, 3.05) is 5.75 Å². The Morgan fingerprint density at radius 3 is 2.43 bits per heavy atom. The SMILES string of the molecule is Cc1ccc(C)c(-n2c(C)nnc2SCC(=O)NCc2ccc(C(F)(F)F)cc2)c1. The van der Waals surface area contributed by atoms with E-state index in [1.165, 1.54) is 23.9 Å². The molecule has 0 spiro atoms. The Balaban J connectivity index is 1.61. The largest absolute Gasteiger partial charge is 0.416 e. The zero-order chi connectivity index (χ0) is 21.9. The van der Waals surface area contributed by atoms with Gasteiger partial charge in [0.15, 0.2) is 5.16 Å². The smallest absolute Gasteiger partial charge is 0.351 e. The molecule has 0 bridgehead atoms. The molecule has 0 radical (unpaired) electrons. The van der Waals surface area contributed by atoms with Crippen molar-refractivity contribution in [2.45, 2.75) is 38.6 Å². The van der Waals surface area contributed by atoms with Gasteiger partial charge in [0.25, 0.3) is 0 Å². The third-order valence-electron chi connectivity index (χ3n) is 4.50. The molecule has 0 saturated heterocycles. The highest BCUT2D eigenvalue weighted by molar-refractivity contribution is 7.99. The molecule has 158 valence electrons. The van der Waals surface area contributed by atoms with Crippen LogP contribution in [0.2, 0.25) is 0 Å².